The molecule has 0 fully saturated rings. The molecule has 0 saturated heterocycles. The molecule has 35 heavy (non-hydrogen) atoms. The SMILES string of the molecule is CCCCCCCCCCCCCCCCOC(=O)c1ccc(C(=O)OC(CCC)CCC)cc1. The molecule has 0 amide bonds. The Balaban J connectivity index is 2.09. The molecule has 0 spiro atoms. The highest BCUT2D eigenvalue weighted by atomic mass is 16.5. The lowest BCUT2D eigenvalue weighted by atomic mass is 10.0. The minimum atomic E-state index is -0.325. The van der Waals surface area contributed by atoms with Gasteiger partial charge in [0.25, 0.3) is 0 Å². The molecule has 0 heterocycles. The summed E-state index contributed by atoms with van der Waals surface area (Å²) in [6.45, 7) is 6.91. The first kappa shape index (κ1) is 31.2. The highest BCUT2D eigenvalue weighted by Crippen LogP contribution is 2.15. The summed E-state index contributed by atoms with van der Waals surface area (Å²) in [4.78, 5) is 24.6. The Kier molecular flexibility index (Phi) is 19.1. The molecule has 1 aromatic carbocycles. The number of rotatable bonds is 22. The molecule has 0 unspecified atom stereocenters. The fourth-order valence-electron chi connectivity index (χ4n) is 4.41. The van der Waals surface area contributed by atoms with E-state index in [1.807, 2.05) is 0 Å². The summed E-state index contributed by atoms with van der Waals surface area (Å²) in [5, 5.41) is 0. The highest BCUT2D eigenvalue weighted by molar-refractivity contribution is 5.93. The molecule has 0 aromatic heterocycles. The molecule has 1 rings (SSSR count). The van der Waals surface area contributed by atoms with Crippen molar-refractivity contribution in [3.05, 3.63) is 35.4 Å². The van der Waals surface area contributed by atoms with Crippen LogP contribution >= 0.6 is 0 Å². The van der Waals surface area contributed by atoms with Gasteiger partial charge in [0.05, 0.1) is 17.7 Å². The number of unbranched alkanes of at least 4 members (excludes halogenated alkanes) is 13. The van der Waals surface area contributed by atoms with Gasteiger partial charge in [-0.3, -0.25) is 0 Å². The van der Waals surface area contributed by atoms with Crippen molar-refractivity contribution in [3.63, 3.8) is 0 Å². The predicted octanol–water partition coefficient (Wildman–Crippen LogP) is 9.45. The summed E-state index contributed by atoms with van der Waals surface area (Å²) >= 11 is 0. The van der Waals surface area contributed by atoms with Gasteiger partial charge in [-0.05, 0) is 43.5 Å². The fraction of sp³-hybridized carbons (Fsp3) is 0.742. The zero-order chi connectivity index (χ0) is 25.6. The molecule has 0 N–H and O–H groups in total. The van der Waals surface area contributed by atoms with Crippen molar-refractivity contribution in [1.29, 1.82) is 0 Å². The Morgan fingerprint density at radius 3 is 1.40 bits per heavy atom. The van der Waals surface area contributed by atoms with Gasteiger partial charge in [-0.1, -0.05) is 117 Å². The summed E-state index contributed by atoms with van der Waals surface area (Å²) in [6, 6.07) is 6.61. The van der Waals surface area contributed by atoms with Crippen LogP contribution in [0, 0.1) is 0 Å². The summed E-state index contributed by atoms with van der Waals surface area (Å²) in [5.41, 5.74) is 0.955. The number of carbonyl (C=O) groups is 2. The third-order valence-corrected chi connectivity index (χ3v) is 6.58. The Morgan fingerprint density at radius 1 is 0.571 bits per heavy atom. The number of ether oxygens (including phenoxy) is 2. The van der Waals surface area contributed by atoms with Crippen LogP contribution in [0.1, 0.15) is 157 Å². The van der Waals surface area contributed by atoms with Crippen molar-refractivity contribution < 1.29 is 19.1 Å². The number of esters is 2. The van der Waals surface area contributed by atoms with Crippen LogP contribution in [0.15, 0.2) is 24.3 Å². The third-order valence-electron chi connectivity index (χ3n) is 6.58. The van der Waals surface area contributed by atoms with Crippen molar-refractivity contribution in [1.82, 2.24) is 0 Å². The zero-order valence-corrected chi connectivity index (χ0v) is 23.0. The summed E-state index contributed by atoms with van der Waals surface area (Å²) in [7, 11) is 0. The zero-order valence-electron chi connectivity index (χ0n) is 23.0. The monoisotopic (exact) mass is 488 g/mol. The van der Waals surface area contributed by atoms with Crippen molar-refractivity contribution in [2.24, 2.45) is 0 Å². The summed E-state index contributed by atoms with van der Waals surface area (Å²) < 4.78 is 11.0. The van der Waals surface area contributed by atoms with Gasteiger partial charge in [0.15, 0.2) is 0 Å². The van der Waals surface area contributed by atoms with E-state index < -0.39 is 0 Å². The lowest BCUT2D eigenvalue weighted by molar-refractivity contribution is 0.0257. The van der Waals surface area contributed by atoms with E-state index in [1.54, 1.807) is 24.3 Å². The molecule has 0 aliphatic carbocycles. The van der Waals surface area contributed by atoms with Crippen molar-refractivity contribution in [2.75, 3.05) is 6.61 Å². The smallest absolute Gasteiger partial charge is 0.338 e. The Bertz CT molecular complexity index is 646. The van der Waals surface area contributed by atoms with E-state index in [-0.39, 0.29) is 18.0 Å². The average molecular weight is 489 g/mol. The van der Waals surface area contributed by atoms with E-state index in [1.165, 1.54) is 77.0 Å². The van der Waals surface area contributed by atoms with Crippen LogP contribution in [0.4, 0.5) is 0 Å². The number of carbonyl (C=O) groups excluding carboxylic acids is 2. The van der Waals surface area contributed by atoms with Crippen LogP contribution in [-0.2, 0) is 9.47 Å². The second-order valence-electron chi connectivity index (χ2n) is 9.91. The van der Waals surface area contributed by atoms with Crippen LogP contribution < -0.4 is 0 Å². The lowest BCUT2D eigenvalue weighted by Gasteiger charge is -2.16. The van der Waals surface area contributed by atoms with Crippen molar-refractivity contribution in [3.8, 4) is 0 Å². The first-order chi connectivity index (χ1) is 17.1. The van der Waals surface area contributed by atoms with Gasteiger partial charge in [-0.2, -0.15) is 0 Å². The van der Waals surface area contributed by atoms with E-state index in [0.717, 1.165) is 38.5 Å². The molecule has 0 saturated carbocycles. The lowest BCUT2D eigenvalue weighted by Crippen LogP contribution is -2.18. The minimum Gasteiger partial charge on any atom is -0.462 e. The number of benzene rings is 1. The normalized spacial score (nSPS) is 11.1. The van der Waals surface area contributed by atoms with Crippen LogP contribution in [-0.4, -0.2) is 24.6 Å². The highest BCUT2D eigenvalue weighted by Gasteiger charge is 2.15. The standard InChI is InChI=1S/C31H52O4/c1-4-7-8-9-10-11-12-13-14-15-16-17-18-19-26-34-30(32)27-22-24-28(25-23-27)31(33)35-29(20-5-2)21-6-3/h22-25,29H,4-21,26H2,1-3H3. The Morgan fingerprint density at radius 2 is 0.971 bits per heavy atom. The molecule has 0 bridgehead atoms. The predicted molar refractivity (Wildman–Crippen MR) is 146 cm³/mol. The van der Waals surface area contributed by atoms with Crippen LogP contribution in [0.3, 0.4) is 0 Å². The fourth-order valence-corrected chi connectivity index (χ4v) is 4.41. The van der Waals surface area contributed by atoms with E-state index in [9.17, 15) is 9.59 Å². The first-order valence-corrected chi connectivity index (χ1v) is 14.6. The molecule has 4 heteroatoms. The van der Waals surface area contributed by atoms with Gasteiger partial charge < -0.3 is 9.47 Å². The second-order valence-corrected chi connectivity index (χ2v) is 9.91. The van der Waals surface area contributed by atoms with Gasteiger partial charge >= 0.3 is 11.9 Å². The molecule has 4 nitrogen and oxygen atoms in total. The maximum absolute atomic E-state index is 12.4. The average Bonchev–Trinajstić information content (AvgIpc) is 2.86. The summed E-state index contributed by atoms with van der Waals surface area (Å²) in [5.74, 6) is -0.645. The van der Waals surface area contributed by atoms with E-state index >= 15 is 0 Å². The van der Waals surface area contributed by atoms with E-state index in [4.69, 9.17) is 9.47 Å². The maximum Gasteiger partial charge on any atom is 0.338 e. The van der Waals surface area contributed by atoms with E-state index in [0.29, 0.717) is 17.7 Å². The van der Waals surface area contributed by atoms with Crippen molar-refractivity contribution >= 4 is 11.9 Å². The number of hydrogen-bond donors (Lipinski definition) is 0. The molecule has 0 aliphatic heterocycles. The first-order valence-electron chi connectivity index (χ1n) is 14.6. The largest absolute Gasteiger partial charge is 0.462 e. The molecule has 200 valence electrons. The van der Waals surface area contributed by atoms with Crippen molar-refractivity contribution in [2.45, 2.75) is 142 Å². The second kappa shape index (κ2) is 21.4. The maximum atomic E-state index is 12.4. The topological polar surface area (TPSA) is 52.6 Å². The third kappa shape index (κ3) is 15.7. The van der Waals surface area contributed by atoms with Gasteiger partial charge in [0.2, 0.25) is 0 Å². The van der Waals surface area contributed by atoms with Crippen LogP contribution in [0.25, 0.3) is 0 Å². The van der Waals surface area contributed by atoms with Crippen LogP contribution in [0.2, 0.25) is 0 Å². The van der Waals surface area contributed by atoms with Gasteiger partial charge in [0.1, 0.15) is 6.10 Å². The van der Waals surface area contributed by atoms with E-state index in [2.05, 4.69) is 20.8 Å². The van der Waals surface area contributed by atoms with Gasteiger partial charge in [-0.15, -0.1) is 0 Å². The minimum absolute atomic E-state index is 0.0350. The molecular formula is C31H52O4. The van der Waals surface area contributed by atoms with Crippen LogP contribution in [0.5, 0.6) is 0 Å². The molecule has 1 aromatic rings. The van der Waals surface area contributed by atoms with Gasteiger partial charge in [-0.25, -0.2) is 9.59 Å². The van der Waals surface area contributed by atoms with Gasteiger partial charge in [0, 0.05) is 0 Å². The molecule has 0 radical (unpaired) electrons. The number of hydrogen-bond acceptors (Lipinski definition) is 4. The Hall–Kier alpha value is -1.84. The molecule has 0 aliphatic rings. The Labute approximate surface area is 215 Å². The summed E-state index contributed by atoms with van der Waals surface area (Å²) in [6.07, 6.45) is 22.0. The molecular weight excluding hydrogens is 436 g/mol. The quantitative estimate of drug-likeness (QED) is 0.120. The molecule has 0 atom stereocenters.